The molecule has 0 amide bonds. The number of unbranched alkanes of at least 4 members (excludes halogenated alkanes) is 4. The number of ether oxygens (including phenoxy) is 1. The van der Waals surface area contributed by atoms with Gasteiger partial charge in [-0.05, 0) is 12.3 Å². The molecule has 0 heterocycles. The molecular formula is C14H31NO2. The zero-order valence-electron chi connectivity index (χ0n) is 11.7. The van der Waals surface area contributed by atoms with Crippen LogP contribution in [0, 0.1) is 5.92 Å². The van der Waals surface area contributed by atoms with Crippen molar-refractivity contribution in [3.8, 4) is 0 Å². The number of aliphatic hydroxyl groups is 1. The summed E-state index contributed by atoms with van der Waals surface area (Å²) in [6.45, 7) is 5.78. The first-order valence-corrected chi connectivity index (χ1v) is 7.14. The zero-order chi connectivity index (χ0) is 12.9. The molecule has 17 heavy (non-hydrogen) atoms. The van der Waals surface area contributed by atoms with Crippen molar-refractivity contribution in [3.05, 3.63) is 0 Å². The Bertz CT molecular complexity index is 153. The smallest absolute Gasteiger partial charge is 0.0639 e. The molecule has 0 aliphatic rings. The van der Waals surface area contributed by atoms with Crippen molar-refractivity contribution < 1.29 is 9.84 Å². The molecule has 0 rings (SSSR count). The van der Waals surface area contributed by atoms with Crippen LogP contribution in [0.2, 0.25) is 0 Å². The summed E-state index contributed by atoms with van der Waals surface area (Å²) in [5.74, 6) is 0.738. The largest absolute Gasteiger partial charge is 0.395 e. The number of hydrogen-bond acceptors (Lipinski definition) is 3. The van der Waals surface area contributed by atoms with Crippen LogP contribution in [-0.2, 0) is 4.74 Å². The summed E-state index contributed by atoms with van der Waals surface area (Å²) in [6, 6.07) is -0.223. The molecule has 0 bridgehead atoms. The summed E-state index contributed by atoms with van der Waals surface area (Å²) in [7, 11) is 0. The number of aliphatic hydroxyl groups excluding tert-OH is 1. The van der Waals surface area contributed by atoms with Crippen LogP contribution in [-0.4, -0.2) is 31.0 Å². The van der Waals surface area contributed by atoms with Gasteiger partial charge in [-0.25, -0.2) is 0 Å². The van der Waals surface area contributed by atoms with E-state index in [0.717, 1.165) is 18.9 Å². The highest BCUT2D eigenvalue weighted by atomic mass is 16.5. The standard InChI is InChI=1S/C14H31NO2/c1-3-4-5-6-7-8-13(2)9-10-17-12-14(15)11-16/h13-14,16H,3-12,15H2,1-2H3/t13-,14+/m1/s1. The van der Waals surface area contributed by atoms with Crippen molar-refractivity contribution in [2.45, 2.75) is 64.8 Å². The molecule has 0 unspecified atom stereocenters. The Morgan fingerprint density at radius 1 is 1.12 bits per heavy atom. The van der Waals surface area contributed by atoms with Gasteiger partial charge in [-0.1, -0.05) is 52.4 Å². The van der Waals surface area contributed by atoms with Crippen LogP contribution < -0.4 is 5.73 Å². The highest BCUT2D eigenvalue weighted by molar-refractivity contribution is 4.57. The fourth-order valence-corrected chi connectivity index (χ4v) is 1.81. The van der Waals surface area contributed by atoms with Crippen LogP contribution in [0.25, 0.3) is 0 Å². The van der Waals surface area contributed by atoms with Crippen molar-refractivity contribution in [3.63, 3.8) is 0 Å². The molecule has 3 nitrogen and oxygen atoms in total. The summed E-state index contributed by atoms with van der Waals surface area (Å²) in [5, 5.41) is 8.73. The lowest BCUT2D eigenvalue weighted by molar-refractivity contribution is 0.0914. The Labute approximate surface area is 107 Å². The molecule has 0 aromatic heterocycles. The zero-order valence-corrected chi connectivity index (χ0v) is 11.7. The van der Waals surface area contributed by atoms with Gasteiger partial charge < -0.3 is 15.6 Å². The molecule has 104 valence electrons. The molecule has 0 aromatic rings. The number of hydrogen-bond donors (Lipinski definition) is 2. The van der Waals surface area contributed by atoms with E-state index in [0.29, 0.717) is 6.61 Å². The average molecular weight is 245 g/mol. The van der Waals surface area contributed by atoms with Gasteiger partial charge in [0, 0.05) is 6.61 Å². The first kappa shape index (κ1) is 16.9. The Morgan fingerprint density at radius 2 is 1.82 bits per heavy atom. The summed E-state index contributed by atoms with van der Waals surface area (Å²) >= 11 is 0. The molecule has 0 aromatic carbocycles. The second-order valence-electron chi connectivity index (χ2n) is 5.11. The Balaban J connectivity index is 3.20. The minimum absolute atomic E-state index is 0.00693. The average Bonchev–Trinajstić information content (AvgIpc) is 2.34. The van der Waals surface area contributed by atoms with E-state index < -0.39 is 0 Å². The maximum atomic E-state index is 8.73. The molecule has 0 radical (unpaired) electrons. The second kappa shape index (κ2) is 12.3. The van der Waals surface area contributed by atoms with Crippen LogP contribution in [0.3, 0.4) is 0 Å². The fraction of sp³-hybridized carbons (Fsp3) is 1.00. The molecule has 3 heteroatoms. The van der Waals surface area contributed by atoms with Crippen LogP contribution in [0.4, 0.5) is 0 Å². The van der Waals surface area contributed by atoms with Crippen molar-refractivity contribution in [1.29, 1.82) is 0 Å². The van der Waals surface area contributed by atoms with Gasteiger partial charge in [-0.15, -0.1) is 0 Å². The summed E-state index contributed by atoms with van der Waals surface area (Å²) in [5.41, 5.74) is 5.54. The summed E-state index contributed by atoms with van der Waals surface area (Å²) < 4.78 is 5.42. The molecule has 0 fully saturated rings. The lowest BCUT2D eigenvalue weighted by Crippen LogP contribution is -2.30. The van der Waals surface area contributed by atoms with E-state index in [-0.39, 0.29) is 12.6 Å². The van der Waals surface area contributed by atoms with Crippen LogP contribution in [0.15, 0.2) is 0 Å². The minimum Gasteiger partial charge on any atom is -0.395 e. The monoisotopic (exact) mass is 245 g/mol. The van der Waals surface area contributed by atoms with Gasteiger partial charge >= 0.3 is 0 Å². The Hall–Kier alpha value is -0.120. The van der Waals surface area contributed by atoms with E-state index in [1.165, 1.54) is 38.5 Å². The van der Waals surface area contributed by atoms with Crippen molar-refractivity contribution in [2.24, 2.45) is 11.7 Å². The molecule has 0 saturated heterocycles. The van der Waals surface area contributed by atoms with E-state index in [9.17, 15) is 0 Å². The molecular weight excluding hydrogens is 214 g/mol. The Morgan fingerprint density at radius 3 is 2.47 bits per heavy atom. The Kier molecular flexibility index (Phi) is 12.3. The quantitative estimate of drug-likeness (QED) is 0.520. The van der Waals surface area contributed by atoms with Crippen LogP contribution in [0.5, 0.6) is 0 Å². The lowest BCUT2D eigenvalue weighted by Gasteiger charge is -2.13. The van der Waals surface area contributed by atoms with Crippen molar-refractivity contribution in [1.82, 2.24) is 0 Å². The third-order valence-electron chi connectivity index (χ3n) is 3.12. The van der Waals surface area contributed by atoms with E-state index in [2.05, 4.69) is 13.8 Å². The van der Waals surface area contributed by atoms with Gasteiger partial charge in [-0.2, -0.15) is 0 Å². The fourth-order valence-electron chi connectivity index (χ4n) is 1.81. The summed E-state index contributed by atoms with van der Waals surface area (Å²) in [4.78, 5) is 0. The molecule has 0 aliphatic carbocycles. The maximum absolute atomic E-state index is 8.73. The molecule has 3 N–H and O–H groups in total. The van der Waals surface area contributed by atoms with E-state index in [1.54, 1.807) is 0 Å². The predicted molar refractivity (Wildman–Crippen MR) is 73.0 cm³/mol. The van der Waals surface area contributed by atoms with Gasteiger partial charge in [0.15, 0.2) is 0 Å². The van der Waals surface area contributed by atoms with E-state index >= 15 is 0 Å². The highest BCUT2D eigenvalue weighted by Gasteiger charge is 2.04. The highest BCUT2D eigenvalue weighted by Crippen LogP contribution is 2.14. The first-order chi connectivity index (χ1) is 8.20. The third-order valence-corrected chi connectivity index (χ3v) is 3.12. The van der Waals surface area contributed by atoms with E-state index in [4.69, 9.17) is 15.6 Å². The van der Waals surface area contributed by atoms with Crippen LogP contribution in [0.1, 0.15) is 58.8 Å². The predicted octanol–water partition coefficient (Wildman–Crippen LogP) is 2.71. The van der Waals surface area contributed by atoms with Gasteiger partial charge in [0.25, 0.3) is 0 Å². The van der Waals surface area contributed by atoms with E-state index in [1.807, 2.05) is 0 Å². The van der Waals surface area contributed by atoms with Gasteiger partial charge in [0.1, 0.15) is 0 Å². The van der Waals surface area contributed by atoms with Gasteiger partial charge in [0.2, 0.25) is 0 Å². The SMILES string of the molecule is CCCCCCC[C@@H](C)CCOC[C@@H](N)CO. The second-order valence-corrected chi connectivity index (χ2v) is 5.11. The van der Waals surface area contributed by atoms with Gasteiger partial charge in [-0.3, -0.25) is 0 Å². The molecule has 0 aliphatic heterocycles. The number of rotatable bonds is 12. The van der Waals surface area contributed by atoms with Gasteiger partial charge in [0.05, 0.1) is 19.3 Å². The molecule has 2 atom stereocenters. The van der Waals surface area contributed by atoms with Crippen molar-refractivity contribution in [2.75, 3.05) is 19.8 Å². The van der Waals surface area contributed by atoms with Crippen molar-refractivity contribution >= 4 is 0 Å². The lowest BCUT2D eigenvalue weighted by atomic mass is 9.99. The third kappa shape index (κ3) is 12.1. The molecule has 0 spiro atoms. The normalized spacial score (nSPS) is 14.8. The first-order valence-electron chi connectivity index (χ1n) is 7.14. The number of nitrogens with two attached hydrogens (primary N) is 1. The summed E-state index contributed by atoms with van der Waals surface area (Å²) in [6.07, 6.45) is 9.19. The minimum atomic E-state index is -0.223. The maximum Gasteiger partial charge on any atom is 0.0639 e. The molecule has 0 saturated carbocycles. The van der Waals surface area contributed by atoms with Crippen LogP contribution >= 0.6 is 0 Å². The topological polar surface area (TPSA) is 55.5 Å².